The molecule has 1 fully saturated rings. The van der Waals surface area contributed by atoms with Crippen molar-refractivity contribution in [3.63, 3.8) is 0 Å². The topological polar surface area (TPSA) is 56.8 Å². The summed E-state index contributed by atoms with van der Waals surface area (Å²) in [6.07, 6.45) is 1.20. The number of carbonyl (C=O) groups excluding carboxylic acids is 1. The van der Waals surface area contributed by atoms with Crippen LogP contribution in [0.1, 0.15) is 19.8 Å². The summed E-state index contributed by atoms with van der Waals surface area (Å²) in [7, 11) is 1.62. The highest BCUT2D eigenvalue weighted by molar-refractivity contribution is 5.84. The molecule has 20 heavy (non-hydrogen) atoms. The van der Waals surface area contributed by atoms with Gasteiger partial charge in [0.15, 0.2) is 0 Å². The van der Waals surface area contributed by atoms with Gasteiger partial charge in [-0.15, -0.1) is 0 Å². The van der Waals surface area contributed by atoms with Crippen molar-refractivity contribution < 1.29 is 19.0 Å². The van der Waals surface area contributed by atoms with E-state index >= 15 is 0 Å². The first-order valence-electron chi connectivity index (χ1n) is 6.87. The van der Waals surface area contributed by atoms with E-state index in [0.717, 1.165) is 11.4 Å². The highest BCUT2D eigenvalue weighted by Gasteiger charge is 2.41. The molecule has 110 valence electrons. The molecule has 2 rings (SSSR count). The third-order valence-corrected chi connectivity index (χ3v) is 3.47. The van der Waals surface area contributed by atoms with Gasteiger partial charge in [-0.05, 0) is 19.1 Å². The number of nitrogens with one attached hydrogen (secondary N) is 1. The first-order chi connectivity index (χ1) is 9.70. The largest absolute Gasteiger partial charge is 0.497 e. The molecule has 1 N–H and O–H groups in total. The van der Waals surface area contributed by atoms with Crippen molar-refractivity contribution in [2.24, 2.45) is 0 Å². The van der Waals surface area contributed by atoms with Gasteiger partial charge in [-0.25, -0.2) is 4.79 Å². The Morgan fingerprint density at radius 1 is 1.40 bits per heavy atom. The molecule has 0 atom stereocenters. The zero-order valence-electron chi connectivity index (χ0n) is 12.0. The number of hydrogen-bond acceptors (Lipinski definition) is 5. The molecular weight excluding hydrogens is 258 g/mol. The highest BCUT2D eigenvalue weighted by Crippen LogP contribution is 2.29. The molecule has 0 spiro atoms. The quantitative estimate of drug-likeness (QED) is 0.838. The third-order valence-electron chi connectivity index (χ3n) is 3.47. The molecule has 0 unspecified atom stereocenters. The Kier molecular flexibility index (Phi) is 4.84. The van der Waals surface area contributed by atoms with Crippen LogP contribution in [0.4, 0.5) is 5.69 Å². The summed E-state index contributed by atoms with van der Waals surface area (Å²) >= 11 is 0. The fourth-order valence-electron chi connectivity index (χ4n) is 2.35. The second-order valence-electron chi connectivity index (χ2n) is 4.77. The highest BCUT2D eigenvalue weighted by atomic mass is 16.5. The van der Waals surface area contributed by atoms with Crippen LogP contribution in [0, 0.1) is 0 Å². The van der Waals surface area contributed by atoms with E-state index in [4.69, 9.17) is 14.2 Å². The van der Waals surface area contributed by atoms with Crippen molar-refractivity contribution >= 4 is 11.7 Å². The lowest BCUT2D eigenvalue weighted by atomic mass is 9.89. The SMILES string of the molecule is CCOC(=O)C1(Nc2cccc(OC)c2)CCOCC1. The summed E-state index contributed by atoms with van der Waals surface area (Å²) in [5.74, 6) is 0.534. The monoisotopic (exact) mass is 279 g/mol. The van der Waals surface area contributed by atoms with E-state index in [9.17, 15) is 4.79 Å². The minimum Gasteiger partial charge on any atom is -0.497 e. The van der Waals surface area contributed by atoms with E-state index in [2.05, 4.69) is 5.32 Å². The van der Waals surface area contributed by atoms with Crippen LogP contribution in [0.5, 0.6) is 5.75 Å². The molecule has 1 heterocycles. The van der Waals surface area contributed by atoms with Gasteiger partial charge in [-0.3, -0.25) is 0 Å². The number of carbonyl (C=O) groups is 1. The molecule has 0 saturated carbocycles. The van der Waals surface area contributed by atoms with Crippen molar-refractivity contribution in [2.45, 2.75) is 25.3 Å². The minimum atomic E-state index is -0.708. The van der Waals surface area contributed by atoms with Crippen molar-refractivity contribution in [1.29, 1.82) is 0 Å². The average Bonchev–Trinajstić information content (AvgIpc) is 2.48. The number of anilines is 1. The van der Waals surface area contributed by atoms with Crippen LogP contribution in [0.15, 0.2) is 24.3 Å². The van der Waals surface area contributed by atoms with Crippen molar-refractivity contribution in [3.8, 4) is 5.75 Å². The number of methoxy groups -OCH3 is 1. The Bertz CT molecular complexity index is 455. The first kappa shape index (κ1) is 14.7. The summed E-state index contributed by atoms with van der Waals surface area (Å²) < 4.78 is 15.8. The standard InChI is InChI=1S/C15H21NO4/c1-3-20-14(17)15(7-9-19-10-8-15)16-12-5-4-6-13(11-12)18-2/h4-6,11,16H,3,7-10H2,1-2H3. The van der Waals surface area contributed by atoms with Crippen molar-refractivity contribution in [1.82, 2.24) is 0 Å². The van der Waals surface area contributed by atoms with Crippen LogP contribution in [-0.4, -0.2) is 38.4 Å². The van der Waals surface area contributed by atoms with Crippen molar-refractivity contribution in [2.75, 3.05) is 32.2 Å². The molecule has 5 nitrogen and oxygen atoms in total. The maximum Gasteiger partial charge on any atom is 0.331 e. The van der Waals surface area contributed by atoms with Gasteiger partial charge in [-0.1, -0.05) is 6.07 Å². The molecule has 0 radical (unpaired) electrons. The van der Waals surface area contributed by atoms with Crippen LogP contribution >= 0.6 is 0 Å². The van der Waals surface area contributed by atoms with Crippen LogP contribution in [0.25, 0.3) is 0 Å². The van der Waals surface area contributed by atoms with Gasteiger partial charge >= 0.3 is 5.97 Å². The lowest BCUT2D eigenvalue weighted by molar-refractivity contribution is -0.152. The molecular formula is C15H21NO4. The molecule has 1 aromatic carbocycles. The number of benzene rings is 1. The molecule has 1 aromatic rings. The second kappa shape index (κ2) is 6.61. The molecule has 0 bridgehead atoms. The van der Waals surface area contributed by atoms with Gasteiger partial charge in [-0.2, -0.15) is 0 Å². The number of ether oxygens (including phenoxy) is 3. The summed E-state index contributed by atoms with van der Waals surface area (Å²) in [5, 5.41) is 3.32. The molecule has 0 aromatic heterocycles. The molecule has 5 heteroatoms. The maximum absolute atomic E-state index is 12.3. The van der Waals surface area contributed by atoms with Crippen molar-refractivity contribution in [3.05, 3.63) is 24.3 Å². The van der Waals surface area contributed by atoms with Crippen LogP contribution in [0.2, 0.25) is 0 Å². The van der Waals surface area contributed by atoms with E-state index in [-0.39, 0.29) is 5.97 Å². The Morgan fingerprint density at radius 3 is 2.80 bits per heavy atom. The molecule has 0 aliphatic carbocycles. The van der Waals surface area contributed by atoms with E-state index in [1.807, 2.05) is 31.2 Å². The normalized spacial score (nSPS) is 17.3. The number of hydrogen-bond donors (Lipinski definition) is 1. The molecule has 1 aliphatic heterocycles. The van der Waals surface area contributed by atoms with E-state index in [1.54, 1.807) is 7.11 Å². The lowest BCUT2D eigenvalue weighted by Crippen LogP contribution is -2.51. The van der Waals surface area contributed by atoms with Crippen LogP contribution in [0.3, 0.4) is 0 Å². The minimum absolute atomic E-state index is 0.217. The Balaban J connectivity index is 2.20. The summed E-state index contributed by atoms with van der Waals surface area (Å²) in [6.45, 7) is 3.29. The van der Waals surface area contributed by atoms with Gasteiger partial charge in [0.05, 0.1) is 13.7 Å². The zero-order chi connectivity index (χ0) is 14.4. The molecule has 1 aliphatic rings. The van der Waals surface area contributed by atoms with Crippen LogP contribution in [-0.2, 0) is 14.3 Å². The Morgan fingerprint density at radius 2 is 2.15 bits per heavy atom. The predicted octanol–water partition coefficient (Wildman–Crippen LogP) is 2.22. The summed E-state index contributed by atoms with van der Waals surface area (Å²) in [6, 6.07) is 7.54. The Hall–Kier alpha value is -1.75. The summed E-state index contributed by atoms with van der Waals surface area (Å²) in [4.78, 5) is 12.3. The first-order valence-corrected chi connectivity index (χ1v) is 6.87. The zero-order valence-corrected chi connectivity index (χ0v) is 12.0. The van der Waals surface area contributed by atoms with E-state index in [1.165, 1.54) is 0 Å². The predicted molar refractivity (Wildman–Crippen MR) is 76.0 cm³/mol. The van der Waals surface area contributed by atoms with Gasteiger partial charge < -0.3 is 19.5 Å². The number of esters is 1. The molecule has 0 amide bonds. The smallest absolute Gasteiger partial charge is 0.331 e. The summed E-state index contributed by atoms with van der Waals surface area (Å²) in [5.41, 5.74) is 0.139. The molecule has 1 saturated heterocycles. The van der Waals surface area contributed by atoms with E-state index in [0.29, 0.717) is 32.7 Å². The third kappa shape index (κ3) is 3.22. The van der Waals surface area contributed by atoms with Gasteiger partial charge in [0, 0.05) is 37.8 Å². The fraction of sp³-hybridized carbons (Fsp3) is 0.533. The fourth-order valence-corrected chi connectivity index (χ4v) is 2.35. The Labute approximate surface area is 119 Å². The maximum atomic E-state index is 12.3. The van der Waals surface area contributed by atoms with Gasteiger partial charge in [0.25, 0.3) is 0 Å². The van der Waals surface area contributed by atoms with Gasteiger partial charge in [0.1, 0.15) is 11.3 Å². The van der Waals surface area contributed by atoms with E-state index < -0.39 is 5.54 Å². The lowest BCUT2D eigenvalue weighted by Gasteiger charge is -2.36. The number of rotatable bonds is 5. The second-order valence-corrected chi connectivity index (χ2v) is 4.77. The van der Waals surface area contributed by atoms with Gasteiger partial charge in [0.2, 0.25) is 0 Å². The van der Waals surface area contributed by atoms with Crippen LogP contribution < -0.4 is 10.1 Å². The average molecular weight is 279 g/mol.